The first-order valence-electron chi connectivity index (χ1n) is 8.23. The van der Waals surface area contributed by atoms with Gasteiger partial charge in [-0.2, -0.15) is 0 Å². The van der Waals surface area contributed by atoms with Gasteiger partial charge in [-0.05, 0) is 37.4 Å². The summed E-state index contributed by atoms with van der Waals surface area (Å²) >= 11 is 6.01. The second kappa shape index (κ2) is 7.72. The van der Waals surface area contributed by atoms with E-state index in [0.29, 0.717) is 5.69 Å². The number of benzene rings is 2. The molecule has 0 spiro atoms. The van der Waals surface area contributed by atoms with E-state index < -0.39 is 10.8 Å². The lowest BCUT2D eigenvalue weighted by Crippen LogP contribution is -2.44. The zero-order valence-electron chi connectivity index (χ0n) is 14.3. The highest BCUT2D eigenvalue weighted by molar-refractivity contribution is 6.34. The average Bonchev–Trinajstić information content (AvgIpc) is 2.63. The van der Waals surface area contributed by atoms with Gasteiger partial charge in [0, 0.05) is 49.7 Å². The average molecular weight is 375 g/mol. The summed E-state index contributed by atoms with van der Waals surface area (Å²) in [7, 11) is 2.11. The predicted molar refractivity (Wildman–Crippen MR) is 102 cm³/mol. The van der Waals surface area contributed by atoms with Gasteiger partial charge in [-0.3, -0.25) is 14.9 Å². The topological polar surface area (TPSA) is 78.7 Å². The van der Waals surface area contributed by atoms with Gasteiger partial charge in [-0.25, -0.2) is 0 Å². The van der Waals surface area contributed by atoms with Crippen LogP contribution in [-0.4, -0.2) is 49.0 Å². The molecule has 0 saturated carbocycles. The van der Waals surface area contributed by atoms with Crippen LogP contribution in [0.4, 0.5) is 17.1 Å². The molecule has 0 radical (unpaired) electrons. The number of hydrogen-bond acceptors (Lipinski definition) is 5. The maximum atomic E-state index is 12.4. The molecule has 1 amide bonds. The van der Waals surface area contributed by atoms with Crippen LogP contribution in [0.25, 0.3) is 0 Å². The fourth-order valence-corrected chi connectivity index (χ4v) is 3.02. The number of non-ortho nitro benzene ring substituents is 1. The molecular weight excluding hydrogens is 356 g/mol. The summed E-state index contributed by atoms with van der Waals surface area (Å²) in [5, 5.41) is 13.8. The molecule has 1 aliphatic heterocycles. The molecule has 2 aromatic rings. The Balaban J connectivity index is 1.70. The Labute approximate surface area is 156 Å². The molecule has 1 aliphatic rings. The van der Waals surface area contributed by atoms with Gasteiger partial charge in [0.1, 0.15) is 0 Å². The number of nitrogens with zero attached hydrogens (tertiary/aromatic N) is 3. The zero-order chi connectivity index (χ0) is 18.7. The lowest BCUT2D eigenvalue weighted by atomic mass is 10.1. The number of anilines is 2. The van der Waals surface area contributed by atoms with Crippen LogP contribution in [0, 0.1) is 10.1 Å². The van der Waals surface area contributed by atoms with Crippen molar-refractivity contribution in [1.82, 2.24) is 4.90 Å². The highest BCUT2D eigenvalue weighted by Crippen LogP contribution is 2.24. The van der Waals surface area contributed by atoms with Crippen LogP contribution in [-0.2, 0) is 0 Å². The van der Waals surface area contributed by atoms with Crippen molar-refractivity contribution in [3.8, 4) is 0 Å². The summed E-state index contributed by atoms with van der Waals surface area (Å²) in [6.45, 7) is 3.96. The molecule has 0 bridgehead atoms. The van der Waals surface area contributed by atoms with Crippen LogP contribution in [0.2, 0.25) is 5.02 Å². The number of carbonyl (C=O) groups excluding carboxylic acids is 1. The summed E-state index contributed by atoms with van der Waals surface area (Å²) in [5.74, 6) is -0.481. The van der Waals surface area contributed by atoms with Crippen LogP contribution < -0.4 is 10.2 Å². The van der Waals surface area contributed by atoms with Gasteiger partial charge >= 0.3 is 0 Å². The minimum absolute atomic E-state index is 0.0732. The van der Waals surface area contributed by atoms with Crippen molar-refractivity contribution in [3.05, 3.63) is 63.2 Å². The number of nitrogens with one attached hydrogen (secondary N) is 1. The van der Waals surface area contributed by atoms with Crippen molar-refractivity contribution in [3.63, 3.8) is 0 Å². The summed E-state index contributed by atoms with van der Waals surface area (Å²) in [6.07, 6.45) is 0. The number of hydrogen-bond donors (Lipinski definition) is 1. The van der Waals surface area contributed by atoms with Crippen LogP contribution in [0.1, 0.15) is 10.4 Å². The monoisotopic (exact) mass is 374 g/mol. The van der Waals surface area contributed by atoms with Gasteiger partial charge in [0.2, 0.25) is 0 Å². The SMILES string of the molecule is CN1CCN(c2ccc(NC(=O)c3cc([N+](=O)[O-])ccc3Cl)cc2)CC1. The van der Waals surface area contributed by atoms with E-state index in [9.17, 15) is 14.9 Å². The molecule has 1 fully saturated rings. The Morgan fingerprint density at radius 1 is 1.12 bits per heavy atom. The molecular formula is C18H19ClN4O3. The van der Waals surface area contributed by atoms with Crippen LogP contribution in [0.3, 0.4) is 0 Å². The zero-order valence-corrected chi connectivity index (χ0v) is 15.1. The molecule has 3 rings (SSSR count). The van der Waals surface area contributed by atoms with E-state index in [0.717, 1.165) is 31.9 Å². The first-order valence-corrected chi connectivity index (χ1v) is 8.60. The number of carbonyl (C=O) groups is 1. The Bertz CT molecular complexity index is 818. The number of likely N-dealkylation sites (N-methyl/N-ethyl adjacent to an activating group) is 1. The van der Waals surface area contributed by atoms with Gasteiger partial charge in [0.25, 0.3) is 11.6 Å². The molecule has 1 saturated heterocycles. The van der Waals surface area contributed by atoms with Crippen molar-refractivity contribution in [2.75, 3.05) is 43.4 Å². The van der Waals surface area contributed by atoms with E-state index in [2.05, 4.69) is 22.2 Å². The lowest BCUT2D eigenvalue weighted by Gasteiger charge is -2.34. The lowest BCUT2D eigenvalue weighted by molar-refractivity contribution is -0.384. The van der Waals surface area contributed by atoms with Crippen molar-refractivity contribution in [2.24, 2.45) is 0 Å². The molecule has 0 unspecified atom stereocenters. The molecule has 0 atom stereocenters. The van der Waals surface area contributed by atoms with Crippen molar-refractivity contribution in [2.45, 2.75) is 0 Å². The Hall–Kier alpha value is -2.64. The molecule has 136 valence electrons. The molecule has 8 heteroatoms. The minimum Gasteiger partial charge on any atom is -0.369 e. The molecule has 7 nitrogen and oxygen atoms in total. The van der Waals surface area contributed by atoms with Crippen LogP contribution in [0.15, 0.2) is 42.5 Å². The summed E-state index contributed by atoms with van der Waals surface area (Å²) in [4.78, 5) is 27.3. The van der Waals surface area contributed by atoms with Crippen LogP contribution >= 0.6 is 11.6 Å². The molecule has 26 heavy (non-hydrogen) atoms. The highest BCUT2D eigenvalue weighted by Gasteiger charge is 2.17. The summed E-state index contributed by atoms with van der Waals surface area (Å²) in [6, 6.07) is 11.3. The van der Waals surface area contributed by atoms with Gasteiger partial charge in [-0.1, -0.05) is 11.6 Å². The van der Waals surface area contributed by atoms with E-state index in [1.54, 1.807) is 0 Å². The van der Waals surface area contributed by atoms with Gasteiger partial charge in [0.15, 0.2) is 0 Å². The Kier molecular flexibility index (Phi) is 5.39. The summed E-state index contributed by atoms with van der Waals surface area (Å²) in [5.41, 5.74) is 1.61. The van der Waals surface area contributed by atoms with E-state index in [4.69, 9.17) is 11.6 Å². The van der Waals surface area contributed by atoms with E-state index in [-0.39, 0.29) is 16.3 Å². The third-order valence-electron chi connectivity index (χ3n) is 4.40. The predicted octanol–water partition coefficient (Wildman–Crippen LogP) is 3.25. The highest BCUT2D eigenvalue weighted by atomic mass is 35.5. The maximum Gasteiger partial charge on any atom is 0.270 e. The molecule has 0 aromatic heterocycles. The molecule has 1 heterocycles. The first kappa shape index (κ1) is 18.2. The van der Waals surface area contributed by atoms with Crippen molar-refractivity contribution < 1.29 is 9.72 Å². The quantitative estimate of drug-likeness (QED) is 0.656. The standard InChI is InChI=1S/C18H19ClN4O3/c1-21-8-10-22(11-9-21)14-4-2-13(3-5-14)20-18(24)16-12-15(23(25)26)6-7-17(16)19/h2-7,12H,8-11H2,1H3,(H,20,24). The van der Waals surface area contributed by atoms with Gasteiger partial charge < -0.3 is 15.1 Å². The Morgan fingerprint density at radius 2 is 1.77 bits per heavy atom. The third kappa shape index (κ3) is 4.12. The first-order chi connectivity index (χ1) is 12.4. The normalized spacial score (nSPS) is 14.9. The minimum atomic E-state index is -0.558. The maximum absolute atomic E-state index is 12.4. The number of amides is 1. The third-order valence-corrected chi connectivity index (χ3v) is 4.73. The number of nitro groups is 1. The van der Waals surface area contributed by atoms with Crippen molar-refractivity contribution in [1.29, 1.82) is 0 Å². The largest absolute Gasteiger partial charge is 0.369 e. The number of nitro benzene ring substituents is 1. The number of halogens is 1. The van der Waals surface area contributed by atoms with Gasteiger partial charge in [-0.15, -0.1) is 0 Å². The Morgan fingerprint density at radius 3 is 2.38 bits per heavy atom. The van der Waals surface area contributed by atoms with E-state index in [1.807, 2.05) is 24.3 Å². The van der Waals surface area contributed by atoms with E-state index in [1.165, 1.54) is 18.2 Å². The number of rotatable bonds is 4. The fourth-order valence-electron chi connectivity index (χ4n) is 2.82. The molecule has 1 N–H and O–H groups in total. The van der Waals surface area contributed by atoms with Gasteiger partial charge in [0.05, 0.1) is 15.5 Å². The fraction of sp³-hybridized carbons (Fsp3) is 0.278. The number of piperazine rings is 1. The second-order valence-electron chi connectivity index (χ2n) is 6.21. The smallest absolute Gasteiger partial charge is 0.270 e. The molecule has 0 aliphatic carbocycles. The van der Waals surface area contributed by atoms with Crippen molar-refractivity contribution >= 4 is 34.6 Å². The second-order valence-corrected chi connectivity index (χ2v) is 6.62. The van der Waals surface area contributed by atoms with Crippen LogP contribution in [0.5, 0.6) is 0 Å². The molecule has 2 aromatic carbocycles. The summed E-state index contributed by atoms with van der Waals surface area (Å²) < 4.78 is 0. The van der Waals surface area contributed by atoms with E-state index >= 15 is 0 Å².